The number of nitrogens with zero attached hydrogens (tertiary/aromatic N) is 5. The topological polar surface area (TPSA) is 88.8 Å². The van der Waals surface area contributed by atoms with E-state index in [9.17, 15) is 0 Å². The van der Waals surface area contributed by atoms with Crippen molar-refractivity contribution in [3.05, 3.63) is 53.9 Å². The maximum atomic E-state index is 6.47. The van der Waals surface area contributed by atoms with Gasteiger partial charge in [0.1, 0.15) is 11.4 Å². The van der Waals surface area contributed by atoms with Gasteiger partial charge in [-0.2, -0.15) is 0 Å². The van der Waals surface area contributed by atoms with E-state index in [1.165, 1.54) is 0 Å². The number of nitrogens with one attached hydrogen (secondary N) is 2. The molecule has 4 aromatic rings. The van der Waals surface area contributed by atoms with Gasteiger partial charge in [-0.15, -0.1) is 0 Å². The first-order chi connectivity index (χ1) is 16.2. The van der Waals surface area contributed by atoms with Crippen LogP contribution in [-0.2, 0) is 0 Å². The number of methoxy groups -OCH3 is 2. The predicted molar refractivity (Wildman–Crippen MR) is 129 cm³/mol. The summed E-state index contributed by atoms with van der Waals surface area (Å²) in [6.07, 6.45) is 5.19. The number of pyridine rings is 1. The summed E-state index contributed by atoms with van der Waals surface area (Å²) in [5.41, 5.74) is 3.87. The van der Waals surface area contributed by atoms with Crippen molar-refractivity contribution in [2.45, 2.75) is 0 Å². The molecule has 0 saturated carbocycles. The zero-order valence-corrected chi connectivity index (χ0v) is 19.1. The summed E-state index contributed by atoms with van der Waals surface area (Å²) in [7, 11) is 3.27. The third-order valence-corrected chi connectivity index (χ3v) is 5.90. The molecule has 170 valence electrons. The second-order valence-electron chi connectivity index (χ2n) is 7.55. The van der Waals surface area contributed by atoms with Gasteiger partial charge < -0.3 is 25.0 Å². The smallest absolute Gasteiger partial charge is 0.227 e. The van der Waals surface area contributed by atoms with Crippen LogP contribution in [0.15, 0.2) is 48.9 Å². The van der Waals surface area contributed by atoms with Crippen LogP contribution < -0.4 is 25.0 Å². The maximum absolute atomic E-state index is 6.47. The number of rotatable bonds is 6. The lowest BCUT2D eigenvalue weighted by molar-refractivity contribution is 0.416. The van der Waals surface area contributed by atoms with Crippen molar-refractivity contribution in [3.63, 3.8) is 0 Å². The average molecular weight is 466 g/mol. The molecule has 1 aliphatic rings. The highest BCUT2D eigenvalue weighted by Gasteiger charge is 2.17. The van der Waals surface area contributed by atoms with E-state index in [0.717, 1.165) is 43.2 Å². The monoisotopic (exact) mass is 465 g/mol. The molecule has 1 fully saturated rings. The average Bonchev–Trinajstić information content (AvgIpc) is 3.30. The molecule has 9 nitrogen and oxygen atoms in total. The van der Waals surface area contributed by atoms with E-state index in [4.69, 9.17) is 21.1 Å². The third kappa shape index (κ3) is 4.12. The number of piperazine rings is 1. The Kier molecular flexibility index (Phi) is 5.89. The lowest BCUT2D eigenvalue weighted by Crippen LogP contribution is -2.43. The number of imidazole rings is 1. The van der Waals surface area contributed by atoms with Crippen LogP contribution in [-0.4, -0.2) is 59.8 Å². The Morgan fingerprint density at radius 3 is 2.64 bits per heavy atom. The van der Waals surface area contributed by atoms with Gasteiger partial charge in [-0.3, -0.25) is 4.40 Å². The van der Waals surface area contributed by atoms with Crippen molar-refractivity contribution < 1.29 is 9.47 Å². The van der Waals surface area contributed by atoms with Gasteiger partial charge in [0.25, 0.3) is 0 Å². The number of hydrogen-bond donors (Lipinski definition) is 2. The summed E-state index contributed by atoms with van der Waals surface area (Å²) in [4.78, 5) is 15.8. The van der Waals surface area contributed by atoms with E-state index in [1.54, 1.807) is 26.6 Å². The Morgan fingerprint density at radius 2 is 1.85 bits per heavy atom. The van der Waals surface area contributed by atoms with Crippen molar-refractivity contribution in [2.24, 2.45) is 0 Å². The molecule has 5 rings (SSSR count). The highest BCUT2D eigenvalue weighted by Crippen LogP contribution is 2.33. The van der Waals surface area contributed by atoms with Crippen molar-refractivity contribution in [1.82, 2.24) is 24.7 Å². The lowest BCUT2D eigenvalue weighted by Gasteiger charge is -2.30. The van der Waals surface area contributed by atoms with E-state index in [0.29, 0.717) is 33.8 Å². The quantitative estimate of drug-likeness (QED) is 0.446. The van der Waals surface area contributed by atoms with Gasteiger partial charge in [-0.05, 0) is 24.3 Å². The van der Waals surface area contributed by atoms with Crippen LogP contribution in [0.4, 0.5) is 17.3 Å². The molecular formula is C23H24ClN7O2. The molecule has 4 heterocycles. The van der Waals surface area contributed by atoms with Crippen LogP contribution in [0.5, 0.6) is 11.5 Å². The minimum Gasteiger partial charge on any atom is -0.494 e. The van der Waals surface area contributed by atoms with Crippen molar-refractivity contribution >= 4 is 34.6 Å². The molecule has 0 bridgehead atoms. The number of ether oxygens (including phenoxy) is 2. The first kappa shape index (κ1) is 21.3. The second-order valence-corrected chi connectivity index (χ2v) is 7.96. The largest absolute Gasteiger partial charge is 0.494 e. The summed E-state index contributed by atoms with van der Waals surface area (Å²) in [6.45, 7) is 3.87. The molecule has 0 aliphatic carbocycles. The number of anilines is 3. The molecule has 1 aliphatic heterocycles. The fourth-order valence-electron chi connectivity index (χ4n) is 3.95. The van der Waals surface area contributed by atoms with E-state index in [2.05, 4.69) is 36.6 Å². The highest BCUT2D eigenvalue weighted by atomic mass is 35.5. The van der Waals surface area contributed by atoms with Gasteiger partial charge in [0.2, 0.25) is 5.95 Å². The zero-order valence-electron chi connectivity index (χ0n) is 18.4. The predicted octanol–water partition coefficient (Wildman–Crippen LogP) is 3.62. The van der Waals surface area contributed by atoms with E-state index in [1.807, 2.05) is 34.9 Å². The number of fused-ring (bicyclic) bond motifs is 1. The Labute approximate surface area is 196 Å². The zero-order chi connectivity index (χ0) is 22.8. The fraction of sp³-hybridized carbons (Fsp3) is 0.261. The van der Waals surface area contributed by atoms with Crippen molar-refractivity contribution in [3.8, 4) is 22.9 Å². The molecule has 3 aromatic heterocycles. The van der Waals surface area contributed by atoms with E-state index >= 15 is 0 Å². The number of halogens is 1. The molecule has 1 aromatic carbocycles. The van der Waals surface area contributed by atoms with Crippen LogP contribution in [0.1, 0.15) is 0 Å². The second kappa shape index (κ2) is 9.13. The molecule has 0 amide bonds. The number of aromatic nitrogens is 4. The molecule has 2 N–H and O–H groups in total. The standard InChI is InChI=1S/C23H24ClN7O2/c1-32-19-4-3-9-31-18(14-26-22(19)31)21-16(24)13-27-23(29-21)28-17-6-5-15(12-20(17)33-2)30-10-7-25-8-11-30/h3-6,9,12-14,25H,7-8,10-11H2,1-2H3,(H,27,28,29). The Morgan fingerprint density at radius 1 is 1.03 bits per heavy atom. The molecule has 0 spiro atoms. The molecule has 33 heavy (non-hydrogen) atoms. The molecular weight excluding hydrogens is 442 g/mol. The van der Waals surface area contributed by atoms with Gasteiger partial charge >= 0.3 is 0 Å². The fourth-order valence-corrected chi connectivity index (χ4v) is 4.14. The van der Waals surface area contributed by atoms with Gasteiger partial charge in [0.15, 0.2) is 11.4 Å². The van der Waals surface area contributed by atoms with Gasteiger partial charge in [-0.25, -0.2) is 15.0 Å². The van der Waals surface area contributed by atoms with Crippen LogP contribution in [0, 0.1) is 0 Å². The van der Waals surface area contributed by atoms with Crippen molar-refractivity contribution in [1.29, 1.82) is 0 Å². The van der Waals surface area contributed by atoms with E-state index in [-0.39, 0.29) is 0 Å². The molecule has 1 saturated heterocycles. The van der Waals surface area contributed by atoms with Crippen LogP contribution in [0.2, 0.25) is 5.02 Å². The summed E-state index contributed by atoms with van der Waals surface area (Å²) in [5.74, 6) is 1.78. The van der Waals surface area contributed by atoms with Crippen LogP contribution >= 0.6 is 11.6 Å². The van der Waals surface area contributed by atoms with Gasteiger partial charge in [-0.1, -0.05) is 11.6 Å². The normalized spacial score (nSPS) is 13.8. The van der Waals surface area contributed by atoms with Crippen LogP contribution in [0.3, 0.4) is 0 Å². The summed E-state index contributed by atoms with van der Waals surface area (Å²) in [6, 6.07) is 9.82. The SMILES string of the molecule is COc1cc(N2CCNCC2)ccc1Nc1ncc(Cl)c(-c2cnc3c(OC)cccn23)n1. The maximum Gasteiger partial charge on any atom is 0.227 e. The van der Waals surface area contributed by atoms with Crippen LogP contribution in [0.25, 0.3) is 17.0 Å². The minimum absolute atomic E-state index is 0.403. The summed E-state index contributed by atoms with van der Waals surface area (Å²) >= 11 is 6.47. The molecule has 0 radical (unpaired) electrons. The lowest BCUT2D eigenvalue weighted by atomic mass is 10.2. The Balaban J connectivity index is 1.47. The Hall–Kier alpha value is -3.56. The van der Waals surface area contributed by atoms with Crippen molar-refractivity contribution in [2.75, 3.05) is 50.6 Å². The first-order valence-electron chi connectivity index (χ1n) is 10.6. The number of hydrogen-bond acceptors (Lipinski definition) is 8. The first-order valence-corrected chi connectivity index (χ1v) is 11.0. The van der Waals surface area contributed by atoms with E-state index < -0.39 is 0 Å². The molecule has 0 atom stereocenters. The molecule has 0 unspecified atom stereocenters. The summed E-state index contributed by atoms with van der Waals surface area (Å²) < 4.78 is 12.9. The molecule has 10 heteroatoms. The van der Waals surface area contributed by atoms with Gasteiger partial charge in [0.05, 0.1) is 43.0 Å². The number of benzene rings is 1. The third-order valence-electron chi connectivity index (χ3n) is 5.62. The Bertz CT molecular complexity index is 1290. The highest BCUT2D eigenvalue weighted by molar-refractivity contribution is 6.32. The summed E-state index contributed by atoms with van der Waals surface area (Å²) in [5, 5.41) is 7.06. The minimum atomic E-state index is 0.403. The van der Waals surface area contributed by atoms with Gasteiger partial charge in [0, 0.05) is 44.1 Å².